The Morgan fingerprint density at radius 1 is 1.07 bits per heavy atom. The minimum atomic E-state index is -4.39. The first-order chi connectivity index (χ1) is 6.97. The van der Waals surface area contributed by atoms with Gasteiger partial charge in [0, 0.05) is 9.86 Å². The minimum absolute atomic E-state index is 0.341. The molecule has 0 fully saturated rings. The van der Waals surface area contributed by atoms with Gasteiger partial charge in [-0.25, -0.2) is 4.98 Å². The maximum Gasteiger partial charge on any atom is 0.433 e. The number of rotatable bonds is 0. The lowest BCUT2D eigenvalue weighted by atomic mass is 10.2. The van der Waals surface area contributed by atoms with E-state index in [-0.39, 0.29) is 0 Å². The summed E-state index contributed by atoms with van der Waals surface area (Å²) in [4.78, 5) is 3.54. The predicted octanol–water partition coefficient (Wildman–Crippen LogP) is 4.02. The summed E-state index contributed by atoms with van der Waals surface area (Å²) in [6, 6.07) is 7.33. The summed E-state index contributed by atoms with van der Waals surface area (Å²) in [5, 5.41) is 0.678. The molecule has 0 saturated heterocycles. The molecule has 0 radical (unpaired) electrons. The van der Waals surface area contributed by atoms with Crippen LogP contribution in [0.1, 0.15) is 5.69 Å². The molecule has 5 heteroatoms. The maximum atomic E-state index is 12.3. The number of benzene rings is 1. The average molecular weight is 276 g/mol. The van der Waals surface area contributed by atoms with E-state index in [0.29, 0.717) is 10.9 Å². The number of nitrogens with zero attached hydrogens (tertiary/aromatic N) is 1. The largest absolute Gasteiger partial charge is 0.433 e. The molecule has 0 aliphatic rings. The lowest BCUT2D eigenvalue weighted by molar-refractivity contribution is -0.140. The predicted molar refractivity (Wildman–Crippen MR) is 54.4 cm³/mol. The van der Waals surface area contributed by atoms with Crippen LogP contribution in [-0.4, -0.2) is 4.98 Å². The van der Waals surface area contributed by atoms with Gasteiger partial charge in [0.15, 0.2) is 0 Å². The zero-order valence-electron chi connectivity index (χ0n) is 7.35. The minimum Gasteiger partial charge on any atom is -0.243 e. The van der Waals surface area contributed by atoms with Gasteiger partial charge in [-0.05, 0) is 24.3 Å². The van der Waals surface area contributed by atoms with Crippen LogP contribution in [0.3, 0.4) is 0 Å². The van der Waals surface area contributed by atoms with Crippen LogP contribution in [0, 0.1) is 0 Å². The quantitative estimate of drug-likeness (QED) is 0.708. The summed E-state index contributed by atoms with van der Waals surface area (Å²) in [5.74, 6) is 0. The number of pyridine rings is 1. The van der Waals surface area contributed by atoms with Gasteiger partial charge in [-0.15, -0.1) is 0 Å². The maximum absolute atomic E-state index is 12.3. The lowest BCUT2D eigenvalue weighted by Gasteiger charge is -2.06. The number of alkyl halides is 3. The Kier molecular flexibility index (Phi) is 2.42. The molecule has 1 aromatic carbocycles. The highest BCUT2D eigenvalue weighted by molar-refractivity contribution is 9.10. The van der Waals surface area contributed by atoms with Gasteiger partial charge in [-0.2, -0.15) is 13.2 Å². The Morgan fingerprint density at radius 2 is 1.80 bits per heavy atom. The highest BCUT2D eigenvalue weighted by Gasteiger charge is 2.32. The van der Waals surface area contributed by atoms with Gasteiger partial charge < -0.3 is 0 Å². The van der Waals surface area contributed by atoms with E-state index in [1.807, 2.05) is 0 Å². The van der Waals surface area contributed by atoms with Gasteiger partial charge in [0.05, 0.1) is 5.52 Å². The van der Waals surface area contributed by atoms with E-state index in [2.05, 4.69) is 20.9 Å². The van der Waals surface area contributed by atoms with Crippen LogP contribution in [0.2, 0.25) is 0 Å². The van der Waals surface area contributed by atoms with Crippen LogP contribution in [0.4, 0.5) is 13.2 Å². The smallest absolute Gasteiger partial charge is 0.243 e. The van der Waals surface area contributed by atoms with Crippen molar-refractivity contribution in [3.8, 4) is 0 Å². The van der Waals surface area contributed by atoms with E-state index in [1.165, 1.54) is 6.07 Å². The van der Waals surface area contributed by atoms with Crippen LogP contribution in [0.25, 0.3) is 10.9 Å². The first-order valence-corrected chi connectivity index (χ1v) is 4.89. The summed E-state index contributed by atoms with van der Waals surface area (Å²) in [6.45, 7) is 0. The van der Waals surface area contributed by atoms with Crippen molar-refractivity contribution < 1.29 is 13.2 Å². The summed E-state index contributed by atoms with van der Waals surface area (Å²) < 4.78 is 37.8. The van der Waals surface area contributed by atoms with Crippen LogP contribution < -0.4 is 0 Å². The third-order valence-corrected chi connectivity index (χ3v) is 2.43. The van der Waals surface area contributed by atoms with Gasteiger partial charge in [0.1, 0.15) is 5.69 Å². The van der Waals surface area contributed by atoms with Crippen molar-refractivity contribution in [2.75, 3.05) is 0 Å². The number of halogens is 4. The standard InChI is InChI=1S/C10H5BrF3N/c11-7-2-3-8-6(5-7)1-4-9(15-8)10(12,13)14/h1-5H. The Morgan fingerprint density at radius 3 is 2.47 bits per heavy atom. The van der Waals surface area contributed by atoms with Crippen molar-refractivity contribution >= 4 is 26.8 Å². The number of fused-ring (bicyclic) bond motifs is 1. The number of hydrogen-bond donors (Lipinski definition) is 0. The van der Waals surface area contributed by atoms with E-state index in [0.717, 1.165) is 10.5 Å². The van der Waals surface area contributed by atoms with Crippen molar-refractivity contribution in [1.29, 1.82) is 0 Å². The van der Waals surface area contributed by atoms with Crippen LogP contribution >= 0.6 is 15.9 Å². The molecule has 1 nitrogen and oxygen atoms in total. The molecule has 1 heterocycles. The number of hydrogen-bond acceptors (Lipinski definition) is 1. The molecule has 0 N–H and O–H groups in total. The molecule has 0 amide bonds. The van der Waals surface area contributed by atoms with Crippen LogP contribution in [-0.2, 0) is 6.18 Å². The van der Waals surface area contributed by atoms with Crippen molar-refractivity contribution in [1.82, 2.24) is 4.98 Å². The van der Waals surface area contributed by atoms with Gasteiger partial charge >= 0.3 is 6.18 Å². The molecule has 15 heavy (non-hydrogen) atoms. The Labute approximate surface area is 92.1 Å². The van der Waals surface area contributed by atoms with Crippen LogP contribution in [0.5, 0.6) is 0 Å². The second-order valence-corrected chi connectivity index (χ2v) is 3.95. The fourth-order valence-electron chi connectivity index (χ4n) is 1.25. The molecule has 0 saturated carbocycles. The SMILES string of the molecule is FC(F)(F)c1ccc2cc(Br)ccc2n1. The van der Waals surface area contributed by atoms with Crippen molar-refractivity contribution in [3.63, 3.8) is 0 Å². The highest BCUT2D eigenvalue weighted by Crippen LogP contribution is 2.29. The van der Waals surface area contributed by atoms with Crippen LogP contribution in [0.15, 0.2) is 34.8 Å². The highest BCUT2D eigenvalue weighted by atomic mass is 79.9. The summed E-state index contributed by atoms with van der Waals surface area (Å²) >= 11 is 3.24. The molecule has 0 bridgehead atoms. The fraction of sp³-hybridized carbons (Fsp3) is 0.100. The van der Waals surface area contributed by atoms with Crippen molar-refractivity contribution in [2.45, 2.75) is 6.18 Å². The zero-order chi connectivity index (χ0) is 11.1. The molecule has 0 spiro atoms. The molecule has 1 aromatic heterocycles. The summed E-state index contributed by atoms with van der Waals surface area (Å²) in [5.41, 5.74) is -0.523. The normalized spacial score (nSPS) is 12.0. The monoisotopic (exact) mass is 275 g/mol. The second-order valence-electron chi connectivity index (χ2n) is 3.03. The fourth-order valence-corrected chi connectivity index (χ4v) is 1.63. The number of aromatic nitrogens is 1. The van der Waals surface area contributed by atoms with E-state index < -0.39 is 11.9 Å². The summed E-state index contributed by atoms with van der Waals surface area (Å²) in [7, 11) is 0. The molecule has 0 aliphatic heterocycles. The zero-order valence-corrected chi connectivity index (χ0v) is 8.93. The van der Waals surface area contributed by atoms with Gasteiger partial charge in [0.25, 0.3) is 0 Å². The Bertz CT molecular complexity index is 507. The van der Waals surface area contributed by atoms with Gasteiger partial charge in [0.2, 0.25) is 0 Å². The topological polar surface area (TPSA) is 12.9 Å². The Hall–Kier alpha value is -1.10. The van der Waals surface area contributed by atoms with Crippen molar-refractivity contribution in [3.05, 3.63) is 40.5 Å². The molecule has 0 atom stereocenters. The molecule has 2 rings (SSSR count). The molecular formula is C10H5BrF3N. The average Bonchev–Trinajstić information content (AvgIpc) is 2.15. The third-order valence-electron chi connectivity index (χ3n) is 1.94. The molecule has 0 unspecified atom stereocenters. The summed E-state index contributed by atoms with van der Waals surface area (Å²) in [6.07, 6.45) is -4.39. The Balaban J connectivity index is 2.62. The van der Waals surface area contributed by atoms with E-state index in [4.69, 9.17) is 0 Å². The van der Waals surface area contributed by atoms with E-state index in [1.54, 1.807) is 18.2 Å². The first kappa shape index (κ1) is 10.4. The van der Waals surface area contributed by atoms with Crippen molar-refractivity contribution in [2.24, 2.45) is 0 Å². The molecule has 0 aliphatic carbocycles. The first-order valence-electron chi connectivity index (χ1n) is 4.10. The second kappa shape index (κ2) is 3.48. The molecule has 2 aromatic rings. The molecule has 78 valence electrons. The molecular weight excluding hydrogens is 271 g/mol. The van der Waals surface area contributed by atoms with Gasteiger partial charge in [-0.3, -0.25) is 0 Å². The van der Waals surface area contributed by atoms with Gasteiger partial charge in [-0.1, -0.05) is 22.0 Å². The lowest BCUT2D eigenvalue weighted by Crippen LogP contribution is -2.07. The third kappa shape index (κ3) is 2.12. The van der Waals surface area contributed by atoms with E-state index >= 15 is 0 Å². The van der Waals surface area contributed by atoms with E-state index in [9.17, 15) is 13.2 Å².